The first-order valence-electron chi connectivity index (χ1n) is 7.06. The van der Waals surface area contributed by atoms with E-state index in [1.54, 1.807) is 0 Å². The van der Waals surface area contributed by atoms with Crippen molar-refractivity contribution in [3.05, 3.63) is 0 Å². The lowest BCUT2D eigenvalue weighted by atomic mass is 9.96. The normalized spacial score (nSPS) is 30.9. The van der Waals surface area contributed by atoms with Crippen molar-refractivity contribution in [3.63, 3.8) is 0 Å². The molecular weight excluding hydrogens is 228 g/mol. The molecule has 2 fully saturated rings. The van der Waals surface area contributed by atoms with Crippen LogP contribution in [0.2, 0.25) is 0 Å². The van der Waals surface area contributed by atoms with Crippen LogP contribution in [0.5, 0.6) is 0 Å². The lowest BCUT2D eigenvalue weighted by Crippen LogP contribution is -2.55. The van der Waals surface area contributed by atoms with Gasteiger partial charge in [0.2, 0.25) is 11.8 Å². The average molecular weight is 252 g/mol. The summed E-state index contributed by atoms with van der Waals surface area (Å²) < 4.78 is 0. The predicted molar refractivity (Wildman–Crippen MR) is 69.9 cm³/mol. The van der Waals surface area contributed by atoms with E-state index < -0.39 is 5.54 Å². The monoisotopic (exact) mass is 252 g/mol. The van der Waals surface area contributed by atoms with Crippen LogP contribution in [0.1, 0.15) is 46.5 Å². The Morgan fingerprint density at radius 3 is 2.67 bits per heavy atom. The first-order valence-corrected chi connectivity index (χ1v) is 7.06. The highest BCUT2D eigenvalue weighted by Crippen LogP contribution is 2.37. The van der Waals surface area contributed by atoms with Crippen molar-refractivity contribution in [3.8, 4) is 0 Å². The van der Waals surface area contributed by atoms with Gasteiger partial charge >= 0.3 is 0 Å². The van der Waals surface area contributed by atoms with Gasteiger partial charge in [0.1, 0.15) is 5.54 Å². The molecule has 1 aliphatic carbocycles. The van der Waals surface area contributed by atoms with Gasteiger partial charge < -0.3 is 10.2 Å². The Balaban J connectivity index is 2.08. The number of rotatable bonds is 4. The largest absolute Gasteiger partial charge is 0.342 e. The minimum absolute atomic E-state index is 0.00530. The van der Waals surface area contributed by atoms with Crippen LogP contribution < -0.4 is 5.32 Å². The van der Waals surface area contributed by atoms with Gasteiger partial charge in [-0.2, -0.15) is 0 Å². The molecule has 1 heterocycles. The van der Waals surface area contributed by atoms with E-state index in [0.29, 0.717) is 25.3 Å². The van der Waals surface area contributed by atoms with Crippen LogP contribution >= 0.6 is 0 Å². The summed E-state index contributed by atoms with van der Waals surface area (Å²) in [5.74, 6) is 1.43. The maximum absolute atomic E-state index is 12.5. The maximum atomic E-state index is 12.5. The van der Waals surface area contributed by atoms with Gasteiger partial charge in [-0.1, -0.05) is 13.8 Å². The predicted octanol–water partition coefficient (Wildman–Crippen LogP) is 1.55. The van der Waals surface area contributed by atoms with E-state index in [1.807, 2.05) is 18.7 Å². The molecule has 0 aromatic rings. The number of hydrogen-bond acceptors (Lipinski definition) is 2. The lowest BCUT2D eigenvalue weighted by molar-refractivity contribution is -0.138. The summed E-state index contributed by atoms with van der Waals surface area (Å²) in [4.78, 5) is 26.1. The summed E-state index contributed by atoms with van der Waals surface area (Å²) in [5, 5.41) is 2.87. The molecule has 2 atom stereocenters. The Morgan fingerprint density at radius 1 is 1.44 bits per heavy atom. The van der Waals surface area contributed by atoms with Gasteiger partial charge in [0.05, 0.1) is 0 Å². The first-order chi connectivity index (χ1) is 8.46. The van der Waals surface area contributed by atoms with Crippen molar-refractivity contribution < 1.29 is 9.59 Å². The zero-order valence-electron chi connectivity index (χ0n) is 11.7. The molecule has 2 amide bonds. The molecular formula is C14H24N2O2. The number of carbonyl (C=O) groups is 2. The molecule has 0 aromatic carbocycles. The highest BCUT2D eigenvalue weighted by atomic mass is 16.2. The molecule has 0 spiro atoms. The summed E-state index contributed by atoms with van der Waals surface area (Å²) in [6.07, 6.45) is 3.67. The standard InChI is InChI=1S/C14H24N2O2/c1-4-14(3)13(18)16(8-7-12(17)15-14)9-10(2)11-5-6-11/h10-11H,4-9H2,1-3H3,(H,15,17). The Hall–Kier alpha value is -1.06. The molecule has 1 aliphatic heterocycles. The zero-order valence-corrected chi connectivity index (χ0v) is 11.7. The first kappa shape index (κ1) is 13.4. The lowest BCUT2D eigenvalue weighted by Gasteiger charge is -2.32. The summed E-state index contributed by atoms with van der Waals surface area (Å²) in [5.41, 5.74) is -0.711. The van der Waals surface area contributed by atoms with E-state index in [0.717, 1.165) is 12.5 Å². The molecule has 0 aromatic heterocycles. The van der Waals surface area contributed by atoms with Crippen LogP contribution in [-0.2, 0) is 9.59 Å². The van der Waals surface area contributed by atoms with Crippen LogP contribution in [-0.4, -0.2) is 35.3 Å². The minimum Gasteiger partial charge on any atom is -0.342 e. The molecule has 2 aliphatic rings. The SMILES string of the molecule is CCC1(C)NC(=O)CCN(CC(C)C2CC2)C1=O. The van der Waals surface area contributed by atoms with Crippen LogP contribution in [0.15, 0.2) is 0 Å². The van der Waals surface area contributed by atoms with Crippen LogP contribution in [0.25, 0.3) is 0 Å². The molecule has 1 N–H and O–H groups in total. The molecule has 4 heteroatoms. The Labute approximate surface area is 109 Å². The molecule has 102 valence electrons. The van der Waals surface area contributed by atoms with Gasteiger partial charge in [-0.15, -0.1) is 0 Å². The molecule has 2 rings (SSSR count). The third-order valence-electron chi connectivity index (χ3n) is 4.43. The molecule has 4 nitrogen and oxygen atoms in total. The zero-order chi connectivity index (χ0) is 13.3. The van der Waals surface area contributed by atoms with Crippen molar-refractivity contribution in [2.75, 3.05) is 13.1 Å². The summed E-state index contributed by atoms with van der Waals surface area (Å²) in [6.45, 7) is 7.37. The number of nitrogens with one attached hydrogen (secondary N) is 1. The summed E-state index contributed by atoms with van der Waals surface area (Å²) in [6, 6.07) is 0. The van der Waals surface area contributed by atoms with Crippen molar-refractivity contribution in [1.29, 1.82) is 0 Å². The fourth-order valence-corrected chi connectivity index (χ4v) is 2.69. The van der Waals surface area contributed by atoms with Crippen molar-refractivity contribution in [1.82, 2.24) is 10.2 Å². The molecule has 0 radical (unpaired) electrons. The number of hydrogen-bond donors (Lipinski definition) is 1. The van der Waals surface area contributed by atoms with Gasteiger partial charge in [0, 0.05) is 19.5 Å². The topological polar surface area (TPSA) is 49.4 Å². The summed E-state index contributed by atoms with van der Waals surface area (Å²) in [7, 11) is 0. The van der Waals surface area contributed by atoms with Crippen LogP contribution in [0.3, 0.4) is 0 Å². The van der Waals surface area contributed by atoms with Crippen molar-refractivity contribution in [2.24, 2.45) is 11.8 Å². The number of amides is 2. The van der Waals surface area contributed by atoms with E-state index in [4.69, 9.17) is 0 Å². The Kier molecular flexibility index (Phi) is 3.64. The van der Waals surface area contributed by atoms with E-state index >= 15 is 0 Å². The van der Waals surface area contributed by atoms with Crippen LogP contribution in [0, 0.1) is 11.8 Å². The molecule has 0 bridgehead atoms. The van der Waals surface area contributed by atoms with Crippen molar-refractivity contribution in [2.45, 2.75) is 52.0 Å². The summed E-state index contributed by atoms with van der Waals surface area (Å²) >= 11 is 0. The molecule has 1 saturated carbocycles. The van der Waals surface area contributed by atoms with E-state index in [2.05, 4.69) is 12.2 Å². The van der Waals surface area contributed by atoms with Gasteiger partial charge in [0.15, 0.2) is 0 Å². The van der Waals surface area contributed by atoms with Crippen LogP contribution in [0.4, 0.5) is 0 Å². The van der Waals surface area contributed by atoms with Crippen molar-refractivity contribution >= 4 is 11.8 Å². The van der Waals surface area contributed by atoms with E-state index in [1.165, 1.54) is 12.8 Å². The molecule has 1 saturated heterocycles. The second kappa shape index (κ2) is 4.90. The third kappa shape index (κ3) is 2.68. The van der Waals surface area contributed by atoms with Gasteiger partial charge in [-0.25, -0.2) is 0 Å². The van der Waals surface area contributed by atoms with E-state index in [-0.39, 0.29) is 11.8 Å². The van der Waals surface area contributed by atoms with E-state index in [9.17, 15) is 9.59 Å². The molecule has 18 heavy (non-hydrogen) atoms. The second-order valence-corrected chi connectivity index (χ2v) is 6.05. The minimum atomic E-state index is -0.711. The number of carbonyl (C=O) groups excluding carboxylic acids is 2. The fraction of sp³-hybridized carbons (Fsp3) is 0.857. The van der Waals surface area contributed by atoms with Gasteiger partial charge in [0.25, 0.3) is 0 Å². The number of nitrogens with zero attached hydrogens (tertiary/aromatic N) is 1. The third-order valence-corrected chi connectivity index (χ3v) is 4.43. The van der Waals surface area contributed by atoms with Gasteiger partial charge in [-0.3, -0.25) is 9.59 Å². The highest BCUT2D eigenvalue weighted by Gasteiger charge is 2.40. The average Bonchev–Trinajstić information content (AvgIpc) is 3.16. The smallest absolute Gasteiger partial charge is 0.248 e. The fourth-order valence-electron chi connectivity index (χ4n) is 2.69. The Bertz CT molecular complexity index is 352. The molecule has 2 unspecified atom stereocenters. The van der Waals surface area contributed by atoms with Gasteiger partial charge in [-0.05, 0) is 38.0 Å². The second-order valence-electron chi connectivity index (χ2n) is 6.05. The highest BCUT2D eigenvalue weighted by molar-refractivity contribution is 5.93. The Morgan fingerprint density at radius 2 is 2.11 bits per heavy atom. The maximum Gasteiger partial charge on any atom is 0.248 e. The quantitative estimate of drug-likeness (QED) is 0.825.